The molecule has 2 rings (SSSR count). The molecule has 0 unspecified atom stereocenters. The highest BCUT2D eigenvalue weighted by Crippen LogP contribution is 2.25. The predicted octanol–water partition coefficient (Wildman–Crippen LogP) is 2.73. The van der Waals surface area contributed by atoms with E-state index in [0.717, 1.165) is 23.1 Å². The Hall–Kier alpha value is -1.62. The van der Waals surface area contributed by atoms with Gasteiger partial charge < -0.3 is 11.1 Å². The molecule has 2 aromatic heterocycles. The Labute approximate surface area is 98.6 Å². The normalized spacial score (nSPS) is 10.4. The number of nitrogen functional groups attached to an aromatic ring is 1. The lowest BCUT2D eigenvalue weighted by atomic mass is 10.3. The average Bonchev–Trinajstić information content (AvgIpc) is 2.58. The number of nitrogens with one attached hydrogen (secondary N) is 1. The molecule has 0 atom stereocenters. The van der Waals surface area contributed by atoms with Gasteiger partial charge in [0.1, 0.15) is 11.6 Å². The summed E-state index contributed by atoms with van der Waals surface area (Å²) >= 11 is 1.64. The fourth-order valence-electron chi connectivity index (χ4n) is 1.44. The van der Waals surface area contributed by atoms with Crippen LogP contribution in [-0.2, 0) is 6.42 Å². The summed E-state index contributed by atoms with van der Waals surface area (Å²) in [6, 6.07) is 5.50. The van der Waals surface area contributed by atoms with Gasteiger partial charge in [-0.15, -0.1) is 11.3 Å². The number of thiazole rings is 1. The van der Waals surface area contributed by atoms with Crippen molar-refractivity contribution in [3.05, 3.63) is 28.8 Å². The lowest BCUT2D eigenvalue weighted by Gasteiger charge is -2.01. The van der Waals surface area contributed by atoms with Crippen LogP contribution in [0.3, 0.4) is 0 Å². The largest absolute Gasteiger partial charge is 0.384 e. The summed E-state index contributed by atoms with van der Waals surface area (Å²) < 4.78 is 0. The molecule has 0 spiro atoms. The van der Waals surface area contributed by atoms with Gasteiger partial charge in [-0.25, -0.2) is 9.97 Å². The predicted molar refractivity (Wildman–Crippen MR) is 68.2 cm³/mol. The molecule has 4 nitrogen and oxygen atoms in total. The highest BCUT2D eigenvalue weighted by molar-refractivity contribution is 7.15. The summed E-state index contributed by atoms with van der Waals surface area (Å²) in [5.74, 6) is 1.24. The molecule has 84 valence electrons. The molecular weight excluding hydrogens is 220 g/mol. The molecule has 16 heavy (non-hydrogen) atoms. The summed E-state index contributed by atoms with van der Waals surface area (Å²) in [6.45, 7) is 4.18. The number of nitrogens with zero attached hydrogens (tertiary/aromatic N) is 2. The number of aryl methyl sites for hydroxylation is 2. The van der Waals surface area contributed by atoms with Gasteiger partial charge in [0.15, 0.2) is 5.13 Å². The summed E-state index contributed by atoms with van der Waals surface area (Å²) in [4.78, 5) is 9.89. The molecule has 0 radical (unpaired) electrons. The maximum atomic E-state index is 5.61. The van der Waals surface area contributed by atoms with Crippen LogP contribution in [0.5, 0.6) is 0 Å². The van der Waals surface area contributed by atoms with Crippen LogP contribution in [-0.4, -0.2) is 9.97 Å². The van der Waals surface area contributed by atoms with E-state index in [2.05, 4.69) is 29.1 Å². The van der Waals surface area contributed by atoms with Gasteiger partial charge in [-0.05, 0) is 25.5 Å². The smallest absolute Gasteiger partial charge is 0.188 e. The lowest BCUT2D eigenvalue weighted by molar-refractivity contribution is 1.04. The van der Waals surface area contributed by atoms with E-state index in [-0.39, 0.29) is 0 Å². The zero-order valence-corrected chi connectivity index (χ0v) is 10.1. The Morgan fingerprint density at radius 3 is 2.81 bits per heavy atom. The van der Waals surface area contributed by atoms with Crippen molar-refractivity contribution in [2.24, 2.45) is 0 Å². The Kier molecular flexibility index (Phi) is 3.05. The van der Waals surface area contributed by atoms with Crippen LogP contribution in [0.15, 0.2) is 18.2 Å². The number of pyridine rings is 1. The molecule has 0 saturated heterocycles. The third kappa shape index (κ3) is 2.30. The maximum absolute atomic E-state index is 5.61. The van der Waals surface area contributed by atoms with Crippen LogP contribution in [0.2, 0.25) is 0 Å². The Morgan fingerprint density at radius 2 is 2.19 bits per heavy atom. The van der Waals surface area contributed by atoms with E-state index in [1.165, 1.54) is 4.88 Å². The molecule has 0 fully saturated rings. The van der Waals surface area contributed by atoms with Gasteiger partial charge in [-0.1, -0.05) is 13.0 Å². The van der Waals surface area contributed by atoms with Crippen LogP contribution in [0.4, 0.5) is 16.8 Å². The molecule has 0 amide bonds. The zero-order valence-electron chi connectivity index (χ0n) is 9.32. The quantitative estimate of drug-likeness (QED) is 0.857. The summed E-state index contributed by atoms with van der Waals surface area (Å²) in [7, 11) is 0. The van der Waals surface area contributed by atoms with E-state index < -0.39 is 0 Å². The fourth-order valence-corrected chi connectivity index (χ4v) is 2.35. The SMILES string of the molecule is CCc1nc(Nc2cccc(N)n2)sc1C. The fraction of sp³-hybridized carbons (Fsp3) is 0.273. The van der Waals surface area contributed by atoms with Crippen molar-refractivity contribution >= 4 is 28.1 Å². The van der Waals surface area contributed by atoms with Crippen LogP contribution in [0, 0.1) is 6.92 Å². The standard InChI is InChI=1S/C11H14N4S/c1-3-8-7(2)16-11(13-8)15-10-6-4-5-9(12)14-10/h4-6H,3H2,1-2H3,(H3,12,13,14,15). The van der Waals surface area contributed by atoms with Gasteiger partial charge in [0.05, 0.1) is 5.69 Å². The molecule has 0 bridgehead atoms. The van der Waals surface area contributed by atoms with E-state index in [1.807, 2.05) is 12.1 Å². The molecule has 2 heterocycles. The van der Waals surface area contributed by atoms with Crippen LogP contribution in [0.25, 0.3) is 0 Å². The first-order valence-electron chi connectivity index (χ1n) is 5.15. The van der Waals surface area contributed by atoms with Crippen molar-refractivity contribution in [2.75, 3.05) is 11.1 Å². The molecular formula is C11H14N4S. The minimum Gasteiger partial charge on any atom is -0.384 e. The van der Waals surface area contributed by atoms with Crippen molar-refractivity contribution in [1.29, 1.82) is 0 Å². The van der Waals surface area contributed by atoms with Gasteiger partial charge >= 0.3 is 0 Å². The summed E-state index contributed by atoms with van der Waals surface area (Å²) in [5.41, 5.74) is 6.74. The van der Waals surface area contributed by atoms with Crippen molar-refractivity contribution in [2.45, 2.75) is 20.3 Å². The van der Waals surface area contributed by atoms with Crippen LogP contribution >= 0.6 is 11.3 Å². The second-order valence-corrected chi connectivity index (χ2v) is 4.65. The van der Waals surface area contributed by atoms with E-state index >= 15 is 0 Å². The highest BCUT2D eigenvalue weighted by atomic mass is 32.1. The monoisotopic (exact) mass is 234 g/mol. The second kappa shape index (κ2) is 4.49. The van der Waals surface area contributed by atoms with Crippen LogP contribution < -0.4 is 11.1 Å². The average molecular weight is 234 g/mol. The van der Waals surface area contributed by atoms with Crippen molar-refractivity contribution in [3.63, 3.8) is 0 Å². The second-order valence-electron chi connectivity index (χ2n) is 3.45. The van der Waals surface area contributed by atoms with Gasteiger partial charge in [0.25, 0.3) is 0 Å². The van der Waals surface area contributed by atoms with Crippen molar-refractivity contribution in [1.82, 2.24) is 9.97 Å². The number of anilines is 3. The molecule has 0 aromatic carbocycles. The molecule has 0 aliphatic rings. The Balaban J connectivity index is 2.20. The summed E-state index contributed by atoms with van der Waals surface area (Å²) in [6.07, 6.45) is 0.953. The lowest BCUT2D eigenvalue weighted by Crippen LogP contribution is -1.96. The first-order valence-corrected chi connectivity index (χ1v) is 5.96. The number of hydrogen-bond donors (Lipinski definition) is 2. The van der Waals surface area contributed by atoms with E-state index in [9.17, 15) is 0 Å². The van der Waals surface area contributed by atoms with Crippen LogP contribution in [0.1, 0.15) is 17.5 Å². The Morgan fingerprint density at radius 1 is 1.38 bits per heavy atom. The van der Waals surface area contributed by atoms with E-state index in [4.69, 9.17) is 5.73 Å². The third-order valence-electron chi connectivity index (χ3n) is 2.23. The topological polar surface area (TPSA) is 63.8 Å². The van der Waals surface area contributed by atoms with Crippen molar-refractivity contribution in [3.8, 4) is 0 Å². The first-order chi connectivity index (χ1) is 7.69. The van der Waals surface area contributed by atoms with Gasteiger partial charge in [0, 0.05) is 4.88 Å². The molecule has 5 heteroatoms. The van der Waals surface area contributed by atoms with E-state index in [0.29, 0.717) is 5.82 Å². The van der Waals surface area contributed by atoms with Gasteiger partial charge in [-0.2, -0.15) is 0 Å². The Bertz CT molecular complexity index is 492. The third-order valence-corrected chi connectivity index (χ3v) is 3.16. The molecule has 3 N–H and O–H groups in total. The zero-order chi connectivity index (χ0) is 11.5. The number of hydrogen-bond acceptors (Lipinski definition) is 5. The molecule has 0 aliphatic carbocycles. The minimum atomic E-state index is 0.508. The number of nitrogens with two attached hydrogens (primary N) is 1. The molecule has 0 aliphatic heterocycles. The minimum absolute atomic E-state index is 0.508. The molecule has 0 saturated carbocycles. The van der Waals surface area contributed by atoms with Gasteiger partial charge in [-0.3, -0.25) is 0 Å². The summed E-state index contributed by atoms with van der Waals surface area (Å²) in [5, 5.41) is 4.02. The number of rotatable bonds is 3. The maximum Gasteiger partial charge on any atom is 0.188 e. The van der Waals surface area contributed by atoms with E-state index in [1.54, 1.807) is 17.4 Å². The molecule has 2 aromatic rings. The highest BCUT2D eigenvalue weighted by Gasteiger charge is 2.06. The van der Waals surface area contributed by atoms with Gasteiger partial charge in [0.2, 0.25) is 0 Å². The van der Waals surface area contributed by atoms with Crippen molar-refractivity contribution < 1.29 is 0 Å². The first kappa shape index (κ1) is 10.9. The number of aromatic nitrogens is 2.